The molecule has 1 aromatic heterocycles. The van der Waals surface area contributed by atoms with E-state index < -0.39 is 0 Å². The van der Waals surface area contributed by atoms with Gasteiger partial charge in [0.25, 0.3) is 5.56 Å². The number of benzene rings is 1. The number of nitrogens with one attached hydrogen (secondary N) is 1. The van der Waals surface area contributed by atoms with Gasteiger partial charge >= 0.3 is 0 Å². The largest absolute Gasteiger partial charge is 0.391 e. The predicted molar refractivity (Wildman–Crippen MR) is 55.2 cm³/mol. The van der Waals surface area contributed by atoms with Gasteiger partial charge in [0.2, 0.25) is 0 Å². The molecule has 14 heavy (non-hydrogen) atoms. The van der Waals surface area contributed by atoms with E-state index in [0.717, 1.165) is 0 Å². The Balaban J connectivity index is 2.64. The third-order valence-electron chi connectivity index (χ3n) is 1.97. The van der Waals surface area contributed by atoms with Crippen LogP contribution in [0.1, 0.15) is 0 Å². The summed E-state index contributed by atoms with van der Waals surface area (Å²) >= 11 is 0. The lowest BCUT2D eigenvalue weighted by atomic mass is 10.3. The van der Waals surface area contributed by atoms with E-state index in [9.17, 15) is 4.79 Å². The van der Waals surface area contributed by atoms with Gasteiger partial charge in [0, 0.05) is 0 Å². The first-order valence-electron chi connectivity index (χ1n) is 4.11. The van der Waals surface area contributed by atoms with Crippen molar-refractivity contribution in [3.8, 4) is 5.69 Å². The van der Waals surface area contributed by atoms with Crippen LogP contribution in [0, 0.1) is 0 Å². The van der Waals surface area contributed by atoms with E-state index in [1.165, 1.54) is 4.68 Å². The molecule has 0 aliphatic rings. The number of para-hydroxylation sites is 1. The fourth-order valence-electron chi connectivity index (χ4n) is 1.23. The Bertz CT molecular complexity index is 497. The summed E-state index contributed by atoms with van der Waals surface area (Å²) in [6.07, 6.45) is 0. The molecule has 0 amide bonds. The van der Waals surface area contributed by atoms with Crippen LogP contribution >= 0.6 is 0 Å². The average Bonchev–Trinajstić information content (AvgIpc) is 2.47. The van der Waals surface area contributed by atoms with Crippen molar-refractivity contribution in [1.82, 2.24) is 9.78 Å². The fourth-order valence-corrected chi connectivity index (χ4v) is 1.23. The highest BCUT2D eigenvalue weighted by molar-refractivity contribution is 5.57. The molecule has 2 aromatic rings. The lowest BCUT2D eigenvalue weighted by Gasteiger charge is -1.98. The highest BCUT2D eigenvalue weighted by atomic mass is 16.1. The molecular formula is C9H10N4O. The number of hydrogen-bond acceptors (Lipinski definition) is 3. The molecule has 0 unspecified atom stereocenters. The summed E-state index contributed by atoms with van der Waals surface area (Å²) in [5, 5.41) is 2.69. The second-order valence-corrected chi connectivity index (χ2v) is 2.92. The molecule has 1 heterocycles. The van der Waals surface area contributed by atoms with E-state index in [0.29, 0.717) is 5.69 Å². The lowest BCUT2D eigenvalue weighted by Crippen LogP contribution is -2.16. The monoisotopic (exact) mass is 190 g/mol. The molecule has 0 aliphatic heterocycles. The number of H-pyrrole nitrogens is 1. The van der Waals surface area contributed by atoms with Crippen molar-refractivity contribution in [1.29, 1.82) is 0 Å². The number of nitrogens with two attached hydrogens (primary N) is 2. The Morgan fingerprint density at radius 3 is 2.29 bits per heavy atom. The zero-order valence-corrected chi connectivity index (χ0v) is 7.40. The summed E-state index contributed by atoms with van der Waals surface area (Å²) < 4.78 is 1.31. The fraction of sp³-hybridized carbons (Fsp3) is 0. The molecule has 0 bridgehead atoms. The molecule has 5 N–H and O–H groups in total. The van der Waals surface area contributed by atoms with Crippen molar-refractivity contribution in [2.75, 3.05) is 11.5 Å². The Morgan fingerprint density at radius 2 is 1.79 bits per heavy atom. The number of aromatic amines is 1. The first-order chi connectivity index (χ1) is 6.70. The maximum atomic E-state index is 11.5. The van der Waals surface area contributed by atoms with Gasteiger partial charge in [0.15, 0.2) is 0 Å². The van der Waals surface area contributed by atoms with Gasteiger partial charge in [-0.15, -0.1) is 0 Å². The lowest BCUT2D eigenvalue weighted by molar-refractivity contribution is 0.854. The molecule has 5 heteroatoms. The van der Waals surface area contributed by atoms with Crippen molar-refractivity contribution < 1.29 is 0 Å². The van der Waals surface area contributed by atoms with Gasteiger partial charge in [-0.2, -0.15) is 0 Å². The van der Waals surface area contributed by atoms with Crippen molar-refractivity contribution in [2.45, 2.75) is 0 Å². The Hall–Kier alpha value is -2.17. The Morgan fingerprint density at radius 1 is 1.14 bits per heavy atom. The predicted octanol–water partition coefficient (Wildman–Crippen LogP) is 0.330. The summed E-state index contributed by atoms with van der Waals surface area (Å²) in [5.74, 6) is 0.193. The molecule has 1 aromatic carbocycles. The van der Waals surface area contributed by atoms with Gasteiger partial charge in [0.1, 0.15) is 11.5 Å². The SMILES string of the molecule is Nc1[nH]n(-c2ccccc2)c(=O)c1N. The number of hydrogen-bond donors (Lipinski definition) is 3. The summed E-state index contributed by atoms with van der Waals surface area (Å²) in [7, 11) is 0. The number of nitrogen functional groups attached to an aromatic ring is 2. The van der Waals surface area contributed by atoms with Crippen LogP contribution in [-0.2, 0) is 0 Å². The molecule has 0 saturated heterocycles. The third-order valence-corrected chi connectivity index (χ3v) is 1.97. The van der Waals surface area contributed by atoms with Crippen molar-refractivity contribution in [3.05, 3.63) is 40.7 Å². The third kappa shape index (κ3) is 1.15. The van der Waals surface area contributed by atoms with Gasteiger partial charge in [-0.05, 0) is 12.1 Å². The van der Waals surface area contributed by atoms with Crippen LogP contribution < -0.4 is 17.0 Å². The maximum absolute atomic E-state index is 11.5. The van der Waals surface area contributed by atoms with Crippen LogP contribution in [0.25, 0.3) is 5.69 Å². The molecular weight excluding hydrogens is 180 g/mol. The number of rotatable bonds is 1. The van der Waals surface area contributed by atoms with Crippen molar-refractivity contribution in [2.24, 2.45) is 0 Å². The van der Waals surface area contributed by atoms with Crippen LogP contribution in [0.3, 0.4) is 0 Å². The first-order valence-corrected chi connectivity index (χ1v) is 4.11. The zero-order chi connectivity index (χ0) is 10.1. The van der Waals surface area contributed by atoms with Crippen LogP contribution in [0.15, 0.2) is 35.1 Å². The standard InChI is InChI=1S/C9H10N4O/c10-7-8(11)12-13(9(7)14)6-4-2-1-3-5-6/h1-5,12H,10-11H2. The van der Waals surface area contributed by atoms with Gasteiger partial charge in [-0.1, -0.05) is 18.2 Å². The van der Waals surface area contributed by atoms with E-state index in [1.807, 2.05) is 18.2 Å². The molecule has 0 spiro atoms. The van der Waals surface area contributed by atoms with Gasteiger partial charge in [-0.25, -0.2) is 4.68 Å². The van der Waals surface area contributed by atoms with Crippen molar-refractivity contribution >= 4 is 11.5 Å². The summed E-state index contributed by atoms with van der Waals surface area (Å²) in [5.41, 5.74) is 11.4. The topological polar surface area (TPSA) is 89.8 Å². The number of nitrogens with zero attached hydrogens (tertiary/aromatic N) is 1. The van der Waals surface area contributed by atoms with Crippen LogP contribution in [0.2, 0.25) is 0 Å². The highest BCUT2D eigenvalue weighted by Gasteiger charge is 2.08. The van der Waals surface area contributed by atoms with Gasteiger partial charge in [-0.3, -0.25) is 9.89 Å². The van der Waals surface area contributed by atoms with E-state index in [1.54, 1.807) is 12.1 Å². The number of aromatic nitrogens is 2. The molecule has 0 atom stereocenters. The summed E-state index contributed by atoms with van der Waals surface area (Å²) in [6.45, 7) is 0. The van der Waals surface area contributed by atoms with Crippen molar-refractivity contribution in [3.63, 3.8) is 0 Å². The molecule has 0 aliphatic carbocycles. The Labute approximate surface area is 79.9 Å². The summed E-state index contributed by atoms with van der Waals surface area (Å²) in [4.78, 5) is 11.5. The minimum Gasteiger partial charge on any atom is -0.391 e. The normalized spacial score (nSPS) is 10.3. The minimum atomic E-state index is -0.325. The number of anilines is 2. The zero-order valence-electron chi connectivity index (χ0n) is 7.40. The van der Waals surface area contributed by atoms with Crippen LogP contribution in [0.5, 0.6) is 0 Å². The van der Waals surface area contributed by atoms with Gasteiger partial charge in [0.05, 0.1) is 5.69 Å². The molecule has 0 fully saturated rings. The summed E-state index contributed by atoms with van der Waals surface area (Å²) in [6, 6.07) is 9.10. The van der Waals surface area contributed by atoms with E-state index in [-0.39, 0.29) is 17.1 Å². The molecule has 0 radical (unpaired) electrons. The van der Waals surface area contributed by atoms with Crippen LogP contribution in [-0.4, -0.2) is 9.78 Å². The second-order valence-electron chi connectivity index (χ2n) is 2.92. The smallest absolute Gasteiger partial charge is 0.296 e. The molecule has 72 valence electrons. The second kappa shape index (κ2) is 2.95. The average molecular weight is 190 g/mol. The van der Waals surface area contributed by atoms with E-state index in [2.05, 4.69) is 5.10 Å². The minimum absolute atomic E-state index is 0.0499. The van der Waals surface area contributed by atoms with E-state index in [4.69, 9.17) is 11.5 Å². The van der Waals surface area contributed by atoms with E-state index >= 15 is 0 Å². The molecule has 2 rings (SSSR count). The van der Waals surface area contributed by atoms with Gasteiger partial charge < -0.3 is 11.5 Å². The maximum Gasteiger partial charge on any atom is 0.296 e. The van der Waals surface area contributed by atoms with Crippen LogP contribution in [0.4, 0.5) is 11.5 Å². The highest BCUT2D eigenvalue weighted by Crippen LogP contribution is 2.08. The Kier molecular flexibility index (Phi) is 1.78. The first kappa shape index (κ1) is 8.43. The molecule has 5 nitrogen and oxygen atoms in total. The molecule has 0 saturated carbocycles. The quantitative estimate of drug-likeness (QED) is 0.605.